The molecule has 0 aliphatic carbocycles. The molecular formula is C17H14ClNO2. The molecule has 2 aromatic carbocycles. The van der Waals surface area contributed by atoms with E-state index in [1.54, 1.807) is 12.1 Å². The van der Waals surface area contributed by atoms with Crippen LogP contribution in [0.15, 0.2) is 54.6 Å². The molecule has 2 aromatic rings. The lowest BCUT2D eigenvalue weighted by atomic mass is 9.76. The SMILES string of the molecule is O=C1CC(c2ccccc2)C(c2ccc(Cl)cc2)C(=O)N1. The maximum Gasteiger partial charge on any atom is 0.234 e. The average Bonchev–Trinajstić information content (AvgIpc) is 2.49. The van der Waals surface area contributed by atoms with Gasteiger partial charge >= 0.3 is 0 Å². The molecular weight excluding hydrogens is 286 g/mol. The fourth-order valence-corrected chi connectivity index (χ4v) is 2.96. The van der Waals surface area contributed by atoms with Gasteiger partial charge in [0.15, 0.2) is 0 Å². The van der Waals surface area contributed by atoms with E-state index in [2.05, 4.69) is 5.32 Å². The van der Waals surface area contributed by atoms with Gasteiger partial charge in [0.2, 0.25) is 11.8 Å². The topological polar surface area (TPSA) is 46.2 Å². The Kier molecular flexibility index (Phi) is 3.76. The van der Waals surface area contributed by atoms with Crippen LogP contribution in [0.4, 0.5) is 0 Å². The largest absolute Gasteiger partial charge is 0.296 e. The van der Waals surface area contributed by atoms with E-state index in [-0.39, 0.29) is 23.7 Å². The molecule has 1 fully saturated rings. The summed E-state index contributed by atoms with van der Waals surface area (Å²) in [5.74, 6) is -0.988. The molecule has 3 nitrogen and oxygen atoms in total. The highest BCUT2D eigenvalue weighted by Crippen LogP contribution is 2.38. The second kappa shape index (κ2) is 5.70. The van der Waals surface area contributed by atoms with Gasteiger partial charge in [-0.15, -0.1) is 0 Å². The van der Waals surface area contributed by atoms with Gasteiger partial charge in [0.05, 0.1) is 5.92 Å². The van der Waals surface area contributed by atoms with Crippen LogP contribution < -0.4 is 5.32 Å². The minimum atomic E-state index is -0.373. The lowest BCUT2D eigenvalue weighted by Gasteiger charge is -2.30. The Bertz CT molecular complexity index is 667. The number of carbonyl (C=O) groups excluding carboxylic acids is 2. The monoisotopic (exact) mass is 299 g/mol. The van der Waals surface area contributed by atoms with E-state index in [1.807, 2.05) is 42.5 Å². The Hall–Kier alpha value is -2.13. The van der Waals surface area contributed by atoms with E-state index in [0.717, 1.165) is 11.1 Å². The molecule has 1 heterocycles. The predicted molar refractivity (Wildman–Crippen MR) is 81.1 cm³/mol. The Balaban J connectivity index is 2.03. The molecule has 0 radical (unpaired) electrons. The van der Waals surface area contributed by atoms with E-state index in [9.17, 15) is 9.59 Å². The van der Waals surface area contributed by atoms with Crippen LogP contribution in [0.25, 0.3) is 0 Å². The van der Waals surface area contributed by atoms with Crippen molar-refractivity contribution >= 4 is 23.4 Å². The number of rotatable bonds is 2. The first-order chi connectivity index (χ1) is 10.1. The molecule has 2 unspecified atom stereocenters. The van der Waals surface area contributed by atoms with E-state index < -0.39 is 0 Å². The summed E-state index contributed by atoms with van der Waals surface area (Å²) >= 11 is 5.91. The van der Waals surface area contributed by atoms with Gasteiger partial charge in [-0.2, -0.15) is 0 Å². The molecule has 1 N–H and O–H groups in total. The summed E-state index contributed by atoms with van der Waals surface area (Å²) in [5, 5.41) is 3.06. The summed E-state index contributed by atoms with van der Waals surface area (Å²) < 4.78 is 0. The summed E-state index contributed by atoms with van der Waals surface area (Å²) in [4.78, 5) is 24.0. The number of halogens is 1. The van der Waals surface area contributed by atoms with E-state index in [0.29, 0.717) is 11.4 Å². The number of amides is 2. The van der Waals surface area contributed by atoms with Crippen molar-refractivity contribution in [2.45, 2.75) is 18.3 Å². The van der Waals surface area contributed by atoms with Crippen LogP contribution in [0.3, 0.4) is 0 Å². The summed E-state index contributed by atoms with van der Waals surface area (Å²) in [7, 11) is 0. The van der Waals surface area contributed by atoms with Gasteiger partial charge in [-0.05, 0) is 23.3 Å². The third kappa shape index (κ3) is 2.83. The number of imide groups is 1. The lowest BCUT2D eigenvalue weighted by Crippen LogP contribution is -2.43. The van der Waals surface area contributed by atoms with Gasteiger partial charge in [-0.1, -0.05) is 54.1 Å². The Morgan fingerprint density at radius 2 is 1.57 bits per heavy atom. The normalized spacial score (nSPS) is 22.0. The quantitative estimate of drug-likeness (QED) is 0.865. The molecule has 0 spiro atoms. The van der Waals surface area contributed by atoms with Gasteiger partial charge in [-0.3, -0.25) is 14.9 Å². The first-order valence-corrected chi connectivity index (χ1v) is 7.17. The van der Waals surface area contributed by atoms with Gasteiger partial charge in [-0.25, -0.2) is 0 Å². The van der Waals surface area contributed by atoms with E-state index in [1.165, 1.54) is 0 Å². The zero-order chi connectivity index (χ0) is 14.8. The Labute approximate surface area is 127 Å². The van der Waals surface area contributed by atoms with Crippen LogP contribution in [-0.4, -0.2) is 11.8 Å². The van der Waals surface area contributed by atoms with Crippen molar-refractivity contribution in [2.24, 2.45) is 0 Å². The van der Waals surface area contributed by atoms with Crippen molar-refractivity contribution in [3.05, 3.63) is 70.7 Å². The van der Waals surface area contributed by atoms with Crippen LogP contribution in [0.2, 0.25) is 5.02 Å². The number of piperidine rings is 1. The standard InChI is InChI=1S/C17H14ClNO2/c18-13-8-6-12(7-9-13)16-14(10-15(20)19-17(16)21)11-4-2-1-3-5-11/h1-9,14,16H,10H2,(H,19,20,21). The molecule has 0 saturated carbocycles. The summed E-state index contributed by atoms with van der Waals surface area (Å²) in [6.45, 7) is 0. The van der Waals surface area contributed by atoms with Gasteiger partial charge in [0.1, 0.15) is 0 Å². The highest BCUT2D eigenvalue weighted by atomic mass is 35.5. The van der Waals surface area contributed by atoms with Crippen LogP contribution in [-0.2, 0) is 9.59 Å². The minimum absolute atomic E-state index is 0.145. The smallest absolute Gasteiger partial charge is 0.234 e. The zero-order valence-electron chi connectivity index (χ0n) is 11.3. The maximum atomic E-state index is 12.3. The van der Waals surface area contributed by atoms with Crippen molar-refractivity contribution in [1.82, 2.24) is 5.32 Å². The van der Waals surface area contributed by atoms with E-state index >= 15 is 0 Å². The van der Waals surface area contributed by atoms with Gasteiger partial charge in [0.25, 0.3) is 0 Å². The van der Waals surface area contributed by atoms with Gasteiger partial charge in [0, 0.05) is 17.4 Å². The Morgan fingerprint density at radius 1 is 0.905 bits per heavy atom. The number of nitrogens with one attached hydrogen (secondary N) is 1. The second-order valence-electron chi connectivity index (χ2n) is 5.16. The van der Waals surface area contributed by atoms with Crippen molar-refractivity contribution in [3.63, 3.8) is 0 Å². The first kappa shape index (κ1) is 13.8. The molecule has 0 aromatic heterocycles. The molecule has 1 aliphatic heterocycles. The average molecular weight is 300 g/mol. The molecule has 0 bridgehead atoms. The molecule has 4 heteroatoms. The van der Waals surface area contributed by atoms with Gasteiger partial charge < -0.3 is 0 Å². The number of hydrogen-bond acceptors (Lipinski definition) is 2. The molecule has 3 rings (SSSR count). The van der Waals surface area contributed by atoms with Crippen LogP contribution in [0.1, 0.15) is 29.4 Å². The van der Waals surface area contributed by atoms with Crippen molar-refractivity contribution < 1.29 is 9.59 Å². The molecule has 2 atom stereocenters. The van der Waals surface area contributed by atoms with E-state index in [4.69, 9.17) is 11.6 Å². The third-order valence-corrected chi connectivity index (χ3v) is 4.06. The van der Waals surface area contributed by atoms with Crippen molar-refractivity contribution in [1.29, 1.82) is 0 Å². The predicted octanol–water partition coefficient (Wildman–Crippen LogP) is 3.25. The van der Waals surface area contributed by atoms with Crippen LogP contribution in [0, 0.1) is 0 Å². The fraction of sp³-hybridized carbons (Fsp3) is 0.176. The zero-order valence-corrected chi connectivity index (χ0v) is 12.0. The fourth-order valence-electron chi connectivity index (χ4n) is 2.83. The van der Waals surface area contributed by atoms with Crippen LogP contribution in [0.5, 0.6) is 0 Å². The molecule has 2 amide bonds. The molecule has 21 heavy (non-hydrogen) atoms. The van der Waals surface area contributed by atoms with Crippen molar-refractivity contribution in [2.75, 3.05) is 0 Å². The number of benzene rings is 2. The summed E-state index contributed by atoms with van der Waals surface area (Å²) in [5.41, 5.74) is 1.87. The summed E-state index contributed by atoms with van der Waals surface area (Å²) in [6.07, 6.45) is 0.309. The molecule has 1 aliphatic rings. The first-order valence-electron chi connectivity index (χ1n) is 6.79. The highest BCUT2D eigenvalue weighted by molar-refractivity contribution is 6.30. The Morgan fingerprint density at radius 3 is 2.24 bits per heavy atom. The number of carbonyl (C=O) groups is 2. The third-order valence-electron chi connectivity index (χ3n) is 3.81. The molecule has 1 saturated heterocycles. The maximum absolute atomic E-state index is 12.3. The second-order valence-corrected chi connectivity index (χ2v) is 5.60. The lowest BCUT2D eigenvalue weighted by molar-refractivity contribution is -0.135. The minimum Gasteiger partial charge on any atom is -0.296 e. The summed E-state index contributed by atoms with van der Waals surface area (Å²) in [6, 6.07) is 16.9. The van der Waals surface area contributed by atoms with Crippen LogP contribution >= 0.6 is 11.6 Å². The molecule has 106 valence electrons. The number of hydrogen-bond donors (Lipinski definition) is 1. The highest BCUT2D eigenvalue weighted by Gasteiger charge is 2.37. The van der Waals surface area contributed by atoms with Crippen molar-refractivity contribution in [3.8, 4) is 0 Å².